The van der Waals surface area contributed by atoms with E-state index in [9.17, 15) is 29.4 Å². The Balaban J connectivity index is 0.908. The average molecular weight is 815 g/mol. The van der Waals surface area contributed by atoms with Crippen molar-refractivity contribution < 1.29 is 53.1 Å². The first kappa shape index (κ1) is 40.2. The van der Waals surface area contributed by atoms with Crippen molar-refractivity contribution >= 4 is 56.6 Å². The highest BCUT2D eigenvalue weighted by molar-refractivity contribution is 7.80. The maximum atomic E-state index is 14.4. The van der Waals surface area contributed by atoms with E-state index in [0.717, 1.165) is 39.3 Å². The Kier molecular flexibility index (Phi) is 11.2. The minimum absolute atomic E-state index is 0.0215. The molecule has 9 atom stereocenters. The van der Waals surface area contributed by atoms with Gasteiger partial charge in [-0.1, -0.05) is 53.3 Å². The van der Waals surface area contributed by atoms with Crippen LogP contribution in [0.25, 0.3) is 10.4 Å². The van der Waals surface area contributed by atoms with E-state index >= 15 is 0 Å². The molecule has 14 heteroatoms. The monoisotopic (exact) mass is 814 g/mol. The van der Waals surface area contributed by atoms with Gasteiger partial charge in [-0.25, -0.2) is 0 Å². The number of ketones is 1. The summed E-state index contributed by atoms with van der Waals surface area (Å²) in [6, 6.07) is 9.98. The molecule has 55 heavy (non-hydrogen) atoms. The summed E-state index contributed by atoms with van der Waals surface area (Å²) in [6.07, 6.45) is 1.43. The van der Waals surface area contributed by atoms with Crippen LogP contribution in [-0.4, -0.2) is 77.8 Å². The Morgan fingerprint density at radius 3 is 2.38 bits per heavy atom. The lowest BCUT2D eigenvalue weighted by Gasteiger charge is -2.74. The summed E-state index contributed by atoms with van der Waals surface area (Å²) in [5.74, 6) is -5.58. The molecule has 6 aliphatic rings. The molecular formula is C41H50O11S3. The van der Waals surface area contributed by atoms with Gasteiger partial charge in [0.1, 0.15) is 33.3 Å². The maximum absolute atomic E-state index is 14.4. The fourth-order valence-electron chi connectivity index (χ4n) is 10.9. The Hall–Kier alpha value is -3.01. The number of hydrogen-bond acceptors (Lipinski definition) is 14. The van der Waals surface area contributed by atoms with E-state index in [-0.39, 0.29) is 31.6 Å². The molecule has 11 nitrogen and oxygen atoms in total. The molecule has 6 fully saturated rings. The first-order chi connectivity index (χ1) is 26.2. The number of aliphatic hydroxyl groups is 2. The highest BCUT2D eigenvalue weighted by Gasteiger charge is 2.88. The topological polar surface area (TPSA) is 155 Å². The molecule has 1 aromatic heterocycles. The van der Waals surface area contributed by atoms with Crippen LogP contribution in [-0.2, 0) is 38.1 Å². The number of rotatable bonds is 14. The van der Waals surface area contributed by atoms with Gasteiger partial charge in [0.25, 0.3) is 0 Å². The first-order valence-electron chi connectivity index (χ1n) is 19.3. The zero-order chi connectivity index (χ0) is 39.3. The normalized spacial score (nSPS) is 34.1. The van der Waals surface area contributed by atoms with Gasteiger partial charge in [0.15, 0.2) is 5.78 Å². The number of hydrogen-bond donors (Lipinski definition) is 2. The van der Waals surface area contributed by atoms with E-state index in [1.54, 1.807) is 20.7 Å². The number of benzene rings is 1. The van der Waals surface area contributed by atoms with Crippen LogP contribution in [0.4, 0.5) is 0 Å². The van der Waals surface area contributed by atoms with Gasteiger partial charge in [0.05, 0.1) is 32.7 Å². The Bertz CT molecular complexity index is 1880. The van der Waals surface area contributed by atoms with E-state index in [1.165, 1.54) is 6.92 Å². The van der Waals surface area contributed by atoms with Gasteiger partial charge in [0.2, 0.25) is 5.79 Å². The third kappa shape index (κ3) is 6.72. The molecule has 2 spiro atoms. The Morgan fingerprint density at radius 2 is 1.69 bits per heavy atom. The SMILES string of the molecule is C=C1C(=O)[C@]23[C@H](OC(=O)CCC(=O)OCCCCCCOc4ccc(-c5cc(=S)ss5)cc4)[C@H]1CC[C@H]2[C@@]12CO[C@]3(O)[C@@H](O)[C@@H]1C(C)(C)CC[C@@H]2OC(C)=O. The largest absolute Gasteiger partial charge is 0.494 e. The van der Waals surface area contributed by atoms with Crippen LogP contribution >= 0.6 is 32.9 Å². The van der Waals surface area contributed by atoms with E-state index in [1.807, 2.05) is 44.2 Å². The van der Waals surface area contributed by atoms with Crippen LogP contribution in [0, 0.1) is 37.8 Å². The molecule has 0 amide bonds. The smallest absolute Gasteiger partial charge is 0.306 e. The summed E-state index contributed by atoms with van der Waals surface area (Å²) >= 11 is 5.22. The van der Waals surface area contributed by atoms with E-state index in [4.69, 9.17) is 35.9 Å². The van der Waals surface area contributed by atoms with Crippen molar-refractivity contribution in [1.82, 2.24) is 0 Å². The molecule has 2 aromatic rings. The predicted molar refractivity (Wildman–Crippen MR) is 207 cm³/mol. The summed E-state index contributed by atoms with van der Waals surface area (Å²) in [4.78, 5) is 54.0. The number of carbonyl (C=O) groups is 4. The molecule has 8 rings (SSSR count). The third-order valence-corrected chi connectivity index (χ3v) is 16.0. The summed E-state index contributed by atoms with van der Waals surface area (Å²) in [5, 5.41) is 24.5. The molecule has 4 bridgehead atoms. The minimum Gasteiger partial charge on any atom is -0.494 e. The van der Waals surface area contributed by atoms with Crippen molar-refractivity contribution in [2.24, 2.45) is 34.0 Å². The van der Waals surface area contributed by atoms with Gasteiger partial charge in [-0.15, -0.1) is 0 Å². The van der Waals surface area contributed by atoms with Crippen LogP contribution in [0.5, 0.6) is 5.75 Å². The standard InChI is InChI=1S/C41H50O11S3/c1-23-27-13-14-29-39-22-50-41(47,36(46)34(39)38(3,4)18-17-30(39)51-24(2)42)40(29,35(23)45)37(27)52-32(44)16-15-31(43)49-20-8-6-5-7-19-48-26-11-9-25(10-12-26)28-21-33(53)55-54-28/h9-12,21,27,29-30,34,36-37,46-47H,1,5-8,13-20,22H2,2-4H3/t27-,29-,30-,34+,36-,37+,39+,40-,41+/m0/s1. The number of carbonyl (C=O) groups excluding carboxylic acids is 4. The second-order valence-electron chi connectivity index (χ2n) is 16.5. The van der Waals surface area contributed by atoms with Gasteiger partial charge in [-0.2, -0.15) is 0 Å². The average Bonchev–Trinajstić information content (AvgIpc) is 3.63. The second-order valence-corrected chi connectivity index (χ2v) is 19.4. The van der Waals surface area contributed by atoms with Crippen molar-refractivity contribution in [1.29, 1.82) is 0 Å². The zero-order valence-corrected chi connectivity index (χ0v) is 34.0. The highest BCUT2D eigenvalue weighted by Crippen LogP contribution is 2.77. The molecule has 2 aliphatic heterocycles. The quantitative estimate of drug-likeness (QED) is 0.0505. The van der Waals surface area contributed by atoms with Crippen molar-refractivity contribution in [3.8, 4) is 16.2 Å². The Labute approximate surface area is 333 Å². The van der Waals surface area contributed by atoms with Gasteiger partial charge < -0.3 is 33.9 Å². The van der Waals surface area contributed by atoms with Crippen molar-refractivity contribution in [3.63, 3.8) is 0 Å². The number of Topliss-reactive ketones (excluding diaryl/α,β-unsaturated/α-hetero) is 1. The van der Waals surface area contributed by atoms with E-state index in [0.29, 0.717) is 38.7 Å². The van der Waals surface area contributed by atoms with E-state index < -0.39 is 81.8 Å². The molecule has 4 aliphatic carbocycles. The van der Waals surface area contributed by atoms with Gasteiger partial charge in [-0.05, 0) is 104 Å². The number of fused-ring (bicyclic) bond motifs is 2. The summed E-state index contributed by atoms with van der Waals surface area (Å²) in [5.41, 5.74) is -2.02. The molecule has 2 saturated heterocycles. The van der Waals surface area contributed by atoms with Crippen molar-refractivity contribution in [3.05, 3.63) is 46.3 Å². The van der Waals surface area contributed by atoms with Gasteiger partial charge in [-0.3, -0.25) is 19.2 Å². The second kappa shape index (κ2) is 15.4. The number of esters is 3. The summed E-state index contributed by atoms with van der Waals surface area (Å²) < 4.78 is 30.3. The van der Waals surface area contributed by atoms with Crippen LogP contribution in [0.2, 0.25) is 0 Å². The lowest BCUT2D eigenvalue weighted by molar-refractivity contribution is -0.458. The Morgan fingerprint density at radius 1 is 0.982 bits per heavy atom. The van der Waals surface area contributed by atoms with Crippen LogP contribution in [0.3, 0.4) is 0 Å². The third-order valence-electron chi connectivity index (χ3n) is 13.1. The number of unbranched alkanes of at least 4 members (excludes halogenated alkanes) is 3. The molecule has 0 radical (unpaired) electrons. The van der Waals surface area contributed by atoms with Crippen LogP contribution in [0.1, 0.15) is 85.0 Å². The number of ether oxygens (including phenoxy) is 5. The summed E-state index contributed by atoms with van der Waals surface area (Å²) in [7, 11) is 3.25. The molecule has 2 N–H and O–H groups in total. The molecule has 1 aromatic carbocycles. The molecule has 4 saturated carbocycles. The molecule has 3 heterocycles. The molecular weight excluding hydrogens is 765 g/mol. The molecule has 298 valence electrons. The van der Waals surface area contributed by atoms with Gasteiger partial charge >= 0.3 is 17.9 Å². The lowest BCUT2D eigenvalue weighted by Crippen LogP contribution is -2.86. The van der Waals surface area contributed by atoms with Crippen LogP contribution < -0.4 is 4.74 Å². The highest BCUT2D eigenvalue weighted by atomic mass is 32.9. The lowest BCUT2D eigenvalue weighted by atomic mass is 9.35. The van der Waals surface area contributed by atoms with Crippen molar-refractivity contribution in [2.75, 3.05) is 19.8 Å². The summed E-state index contributed by atoms with van der Waals surface area (Å²) in [6.45, 7) is 10.2. The van der Waals surface area contributed by atoms with Gasteiger partial charge in [0, 0.05) is 29.1 Å². The fraction of sp³-hybridized carbons (Fsp3) is 0.634. The zero-order valence-electron chi connectivity index (χ0n) is 31.5. The van der Waals surface area contributed by atoms with Crippen molar-refractivity contribution in [2.45, 2.75) is 109 Å². The molecule has 0 unspecified atom stereocenters. The van der Waals surface area contributed by atoms with E-state index in [2.05, 4.69) is 6.58 Å². The minimum atomic E-state index is -2.36. The predicted octanol–water partition coefficient (Wildman–Crippen LogP) is 6.98. The van der Waals surface area contributed by atoms with Crippen LogP contribution in [0.15, 0.2) is 42.5 Å². The fourth-order valence-corrected chi connectivity index (χ4v) is 13.3. The first-order valence-corrected chi connectivity index (χ1v) is 21.9. The maximum Gasteiger partial charge on any atom is 0.306 e. The number of aliphatic hydroxyl groups excluding tert-OH is 1.